The highest BCUT2D eigenvalue weighted by Gasteiger charge is 2.12. The molecule has 0 spiro atoms. The molecule has 2 aromatic rings. The summed E-state index contributed by atoms with van der Waals surface area (Å²) in [6, 6.07) is 11.3. The predicted molar refractivity (Wildman–Crippen MR) is 114 cm³/mol. The van der Waals surface area contributed by atoms with Gasteiger partial charge in [0.1, 0.15) is 11.6 Å². The van der Waals surface area contributed by atoms with Crippen LogP contribution in [0.1, 0.15) is 18.1 Å². The first-order chi connectivity index (χ1) is 14.4. The van der Waals surface area contributed by atoms with Gasteiger partial charge in [-0.15, -0.1) is 0 Å². The van der Waals surface area contributed by atoms with Crippen molar-refractivity contribution in [2.45, 2.75) is 6.92 Å². The van der Waals surface area contributed by atoms with Crippen molar-refractivity contribution in [1.29, 1.82) is 5.26 Å². The van der Waals surface area contributed by atoms with Gasteiger partial charge < -0.3 is 14.2 Å². The summed E-state index contributed by atoms with van der Waals surface area (Å²) in [5, 5.41) is 10.0. The van der Waals surface area contributed by atoms with Crippen LogP contribution in [0.5, 0.6) is 11.5 Å². The van der Waals surface area contributed by atoms with Crippen LogP contribution in [0.4, 0.5) is 0 Å². The molecule has 0 unspecified atom stereocenters. The first-order valence-electron chi connectivity index (χ1n) is 8.69. The van der Waals surface area contributed by atoms with Crippen LogP contribution in [-0.2, 0) is 14.3 Å². The third kappa shape index (κ3) is 6.38. The van der Waals surface area contributed by atoms with Crippen LogP contribution < -0.4 is 9.47 Å². The standard InChI is InChI=1S/C22H17Cl2NO5/c1-3-29-22(27)16(13-25)10-14-4-8-19(20(11-14)28-2)30-21(26)9-6-15-5-7-17(23)12-18(15)24/h4-12H,3H2,1-2H3/b9-6+,16-10+. The number of halogens is 2. The number of hydrogen-bond donors (Lipinski definition) is 0. The van der Waals surface area contributed by atoms with Gasteiger partial charge >= 0.3 is 11.9 Å². The zero-order chi connectivity index (χ0) is 22.1. The fourth-order valence-electron chi connectivity index (χ4n) is 2.31. The van der Waals surface area contributed by atoms with Crippen LogP contribution in [-0.4, -0.2) is 25.7 Å². The van der Waals surface area contributed by atoms with Gasteiger partial charge in [0.05, 0.1) is 13.7 Å². The number of nitrogens with zero attached hydrogens (tertiary/aromatic N) is 1. The number of ether oxygens (including phenoxy) is 3. The number of benzene rings is 2. The van der Waals surface area contributed by atoms with Gasteiger partial charge in [-0.1, -0.05) is 35.3 Å². The van der Waals surface area contributed by atoms with Gasteiger partial charge in [-0.25, -0.2) is 9.59 Å². The topological polar surface area (TPSA) is 85.6 Å². The highest BCUT2D eigenvalue weighted by Crippen LogP contribution is 2.29. The van der Waals surface area contributed by atoms with Crippen molar-refractivity contribution < 1.29 is 23.8 Å². The molecule has 2 rings (SSSR count). The third-order valence-electron chi connectivity index (χ3n) is 3.69. The molecule has 0 bridgehead atoms. The number of carbonyl (C=O) groups is 2. The third-order valence-corrected chi connectivity index (χ3v) is 4.25. The summed E-state index contributed by atoms with van der Waals surface area (Å²) in [4.78, 5) is 23.9. The number of hydrogen-bond acceptors (Lipinski definition) is 6. The Morgan fingerprint density at radius 3 is 2.53 bits per heavy atom. The van der Waals surface area contributed by atoms with Crippen molar-refractivity contribution in [2.75, 3.05) is 13.7 Å². The molecule has 0 aliphatic rings. The molecule has 8 heteroatoms. The lowest BCUT2D eigenvalue weighted by atomic mass is 10.1. The Morgan fingerprint density at radius 1 is 1.13 bits per heavy atom. The van der Waals surface area contributed by atoms with E-state index in [9.17, 15) is 9.59 Å². The van der Waals surface area contributed by atoms with Crippen molar-refractivity contribution in [2.24, 2.45) is 0 Å². The van der Waals surface area contributed by atoms with Crippen molar-refractivity contribution >= 4 is 47.3 Å². The lowest BCUT2D eigenvalue weighted by molar-refractivity contribution is -0.138. The van der Waals surface area contributed by atoms with Gasteiger partial charge in [0, 0.05) is 16.1 Å². The highest BCUT2D eigenvalue weighted by atomic mass is 35.5. The average Bonchev–Trinajstić information content (AvgIpc) is 2.72. The summed E-state index contributed by atoms with van der Waals surface area (Å²) in [5.74, 6) is -0.954. The van der Waals surface area contributed by atoms with Gasteiger partial charge in [-0.2, -0.15) is 5.26 Å². The molecule has 0 heterocycles. The zero-order valence-corrected chi connectivity index (χ0v) is 17.7. The SMILES string of the molecule is CCOC(=O)/C(C#N)=C/c1ccc(OC(=O)/C=C/c2ccc(Cl)cc2Cl)c(OC)c1. The molecule has 0 aromatic heterocycles. The molecule has 0 saturated carbocycles. The Kier molecular flexibility index (Phi) is 8.48. The van der Waals surface area contributed by atoms with Crippen LogP contribution in [0.3, 0.4) is 0 Å². The van der Waals surface area contributed by atoms with E-state index in [4.69, 9.17) is 42.7 Å². The van der Waals surface area contributed by atoms with Gasteiger partial charge in [-0.3, -0.25) is 0 Å². The fourth-order valence-corrected chi connectivity index (χ4v) is 2.78. The zero-order valence-electron chi connectivity index (χ0n) is 16.1. The van der Waals surface area contributed by atoms with Crippen LogP contribution in [0, 0.1) is 11.3 Å². The second-order valence-electron chi connectivity index (χ2n) is 5.72. The molecule has 6 nitrogen and oxygen atoms in total. The van der Waals surface area contributed by atoms with E-state index in [-0.39, 0.29) is 23.7 Å². The van der Waals surface area contributed by atoms with E-state index in [1.54, 1.807) is 37.3 Å². The van der Waals surface area contributed by atoms with E-state index in [1.165, 1.54) is 37.5 Å². The molecule has 0 aliphatic carbocycles. The summed E-state index contributed by atoms with van der Waals surface area (Å²) in [5.41, 5.74) is 0.944. The van der Waals surface area contributed by atoms with E-state index in [0.717, 1.165) is 0 Å². The second kappa shape index (κ2) is 11.1. The Bertz CT molecular complexity index is 1050. The molecule has 154 valence electrons. The van der Waals surface area contributed by atoms with Gasteiger partial charge in [0.2, 0.25) is 0 Å². The van der Waals surface area contributed by atoms with Crippen LogP contribution in [0.15, 0.2) is 48.0 Å². The molecule has 0 fully saturated rings. The average molecular weight is 446 g/mol. The first-order valence-corrected chi connectivity index (χ1v) is 9.45. The number of esters is 2. The van der Waals surface area contributed by atoms with E-state index in [0.29, 0.717) is 21.2 Å². The Labute approximate surface area is 183 Å². The highest BCUT2D eigenvalue weighted by molar-refractivity contribution is 6.35. The molecule has 0 amide bonds. The maximum Gasteiger partial charge on any atom is 0.348 e. The monoisotopic (exact) mass is 445 g/mol. The summed E-state index contributed by atoms with van der Waals surface area (Å²) < 4.78 is 15.4. The van der Waals surface area contributed by atoms with E-state index in [2.05, 4.69) is 0 Å². The minimum Gasteiger partial charge on any atom is -0.493 e. The van der Waals surface area contributed by atoms with Crippen LogP contribution >= 0.6 is 23.2 Å². The number of rotatable bonds is 7. The molecular formula is C22H17Cl2NO5. The molecule has 0 saturated heterocycles. The molecule has 30 heavy (non-hydrogen) atoms. The summed E-state index contributed by atoms with van der Waals surface area (Å²) in [6.45, 7) is 1.80. The number of carbonyl (C=O) groups excluding carboxylic acids is 2. The fraction of sp³-hybridized carbons (Fsp3) is 0.136. The largest absolute Gasteiger partial charge is 0.493 e. The molecule has 2 aromatic carbocycles. The van der Waals surface area contributed by atoms with Crippen LogP contribution in [0.25, 0.3) is 12.2 Å². The molecular weight excluding hydrogens is 429 g/mol. The van der Waals surface area contributed by atoms with Gasteiger partial charge in [0.25, 0.3) is 0 Å². The lowest BCUT2D eigenvalue weighted by Crippen LogP contribution is -2.06. The Hall–Kier alpha value is -3.27. The molecule has 0 atom stereocenters. The van der Waals surface area contributed by atoms with E-state index >= 15 is 0 Å². The van der Waals surface area contributed by atoms with Crippen molar-refractivity contribution in [3.8, 4) is 17.6 Å². The molecule has 0 radical (unpaired) electrons. The van der Waals surface area contributed by atoms with E-state index < -0.39 is 11.9 Å². The molecule has 0 aliphatic heterocycles. The predicted octanol–water partition coefficient (Wildman–Crippen LogP) is 5.09. The number of methoxy groups -OCH3 is 1. The Morgan fingerprint density at radius 2 is 1.90 bits per heavy atom. The smallest absolute Gasteiger partial charge is 0.348 e. The van der Waals surface area contributed by atoms with Crippen molar-refractivity contribution in [1.82, 2.24) is 0 Å². The molecule has 0 N–H and O–H groups in total. The second-order valence-corrected chi connectivity index (χ2v) is 6.56. The van der Waals surface area contributed by atoms with E-state index in [1.807, 2.05) is 0 Å². The quantitative estimate of drug-likeness (QED) is 0.255. The van der Waals surface area contributed by atoms with Crippen LogP contribution in [0.2, 0.25) is 10.0 Å². The summed E-state index contributed by atoms with van der Waals surface area (Å²) in [7, 11) is 1.40. The summed E-state index contributed by atoms with van der Waals surface area (Å²) >= 11 is 11.9. The first kappa shape index (κ1) is 23.0. The lowest BCUT2D eigenvalue weighted by Gasteiger charge is -2.09. The number of nitriles is 1. The maximum absolute atomic E-state index is 12.2. The maximum atomic E-state index is 12.2. The minimum atomic E-state index is -0.722. The summed E-state index contributed by atoms with van der Waals surface area (Å²) in [6.07, 6.45) is 4.08. The van der Waals surface area contributed by atoms with Crippen molar-refractivity contribution in [3.05, 3.63) is 69.2 Å². The van der Waals surface area contributed by atoms with Gasteiger partial charge in [0.15, 0.2) is 11.5 Å². The normalized spacial score (nSPS) is 11.1. The van der Waals surface area contributed by atoms with Gasteiger partial charge in [-0.05, 0) is 54.5 Å². The van der Waals surface area contributed by atoms with Crippen molar-refractivity contribution in [3.63, 3.8) is 0 Å². The minimum absolute atomic E-state index is 0.158. The Balaban J connectivity index is 2.18.